The van der Waals surface area contributed by atoms with E-state index >= 15 is 0 Å². The molecule has 0 heterocycles. The Morgan fingerprint density at radius 2 is 1.96 bits per heavy atom. The van der Waals surface area contributed by atoms with Gasteiger partial charge >= 0.3 is 6.03 Å². The van der Waals surface area contributed by atoms with Crippen LogP contribution in [0.1, 0.15) is 51.5 Å². The van der Waals surface area contributed by atoms with Crippen molar-refractivity contribution in [3.63, 3.8) is 0 Å². The van der Waals surface area contributed by atoms with Crippen molar-refractivity contribution in [1.82, 2.24) is 10.2 Å². The summed E-state index contributed by atoms with van der Waals surface area (Å²) in [6.45, 7) is 6.37. The molecule has 0 radical (unpaired) electrons. The lowest BCUT2D eigenvalue weighted by Crippen LogP contribution is -2.43. The number of hydrogen-bond donors (Lipinski definition) is 2. The number of nitrogens with zero attached hydrogens (tertiary/aromatic N) is 1. The van der Waals surface area contributed by atoms with Crippen LogP contribution in [0, 0.1) is 11.8 Å². The van der Waals surface area contributed by atoms with Crippen LogP contribution in [0.2, 0.25) is 0 Å². The van der Waals surface area contributed by atoms with E-state index in [-0.39, 0.29) is 17.9 Å². The van der Waals surface area contributed by atoms with Gasteiger partial charge in [-0.2, -0.15) is 0 Å². The predicted molar refractivity (Wildman–Crippen MR) is 112 cm³/mol. The van der Waals surface area contributed by atoms with Crippen LogP contribution in [-0.4, -0.2) is 43.6 Å². The molecule has 1 aliphatic rings. The smallest absolute Gasteiger partial charge is 0.317 e. The minimum absolute atomic E-state index is 0.0950. The predicted octanol–water partition coefficient (Wildman–Crippen LogP) is 4.02. The lowest BCUT2D eigenvalue weighted by atomic mass is 9.88. The summed E-state index contributed by atoms with van der Waals surface area (Å²) >= 11 is 0. The Kier molecular flexibility index (Phi) is 9.28. The third-order valence-corrected chi connectivity index (χ3v) is 5.05. The third-order valence-electron chi connectivity index (χ3n) is 5.05. The molecular weight excluding hydrogens is 354 g/mol. The average molecular weight is 390 g/mol. The zero-order valence-electron chi connectivity index (χ0n) is 17.5. The topological polar surface area (TPSA) is 70.7 Å². The standard InChI is InChI=1S/C22H35N3O3/c1-17(2)16-25(12-13-28-3)22(27)23-15-18-8-7-11-20(14-18)24-21(26)19-9-5-4-6-10-19/h7-8,11,14,17,19H,4-6,9-10,12-13,15-16H2,1-3H3,(H,23,27)(H,24,26). The van der Waals surface area contributed by atoms with Gasteiger partial charge in [-0.1, -0.05) is 45.2 Å². The summed E-state index contributed by atoms with van der Waals surface area (Å²) in [4.78, 5) is 26.7. The zero-order chi connectivity index (χ0) is 20.4. The molecule has 0 atom stereocenters. The van der Waals surface area contributed by atoms with Gasteiger partial charge in [0.25, 0.3) is 0 Å². The largest absolute Gasteiger partial charge is 0.383 e. The highest BCUT2D eigenvalue weighted by Crippen LogP contribution is 2.25. The minimum atomic E-state index is -0.0950. The molecule has 0 saturated heterocycles. The first kappa shape index (κ1) is 22.2. The molecule has 1 aromatic rings. The number of methoxy groups -OCH3 is 1. The van der Waals surface area contributed by atoms with Crippen molar-refractivity contribution in [1.29, 1.82) is 0 Å². The Morgan fingerprint density at radius 1 is 1.21 bits per heavy atom. The van der Waals surface area contributed by atoms with Gasteiger partial charge in [0.05, 0.1) is 6.61 Å². The van der Waals surface area contributed by atoms with Crippen LogP contribution in [0.3, 0.4) is 0 Å². The highest BCUT2D eigenvalue weighted by atomic mass is 16.5. The fourth-order valence-corrected chi connectivity index (χ4v) is 3.58. The first-order valence-corrected chi connectivity index (χ1v) is 10.4. The molecule has 0 aromatic heterocycles. The van der Waals surface area contributed by atoms with Gasteiger partial charge in [-0.3, -0.25) is 4.79 Å². The molecule has 0 bridgehead atoms. The molecule has 6 nitrogen and oxygen atoms in total. The van der Waals surface area contributed by atoms with E-state index in [9.17, 15) is 9.59 Å². The Hall–Kier alpha value is -2.08. The van der Waals surface area contributed by atoms with Crippen molar-refractivity contribution in [2.75, 3.05) is 32.1 Å². The van der Waals surface area contributed by atoms with Crippen LogP contribution < -0.4 is 10.6 Å². The lowest BCUT2D eigenvalue weighted by molar-refractivity contribution is -0.120. The highest BCUT2D eigenvalue weighted by Gasteiger charge is 2.21. The number of carbonyl (C=O) groups excluding carboxylic acids is 2. The first-order valence-electron chi connectivity index (χ1n) is 10.4. The summed E-state index contributed by atoms with van der Waals surface area (Å²) < 4.78 is 5.11. The molecule has 0 unspecified atom stereocenters. The Balaban J connectivity index is 1.88. The SMILES string of the molecule is COCCN(CC(C)C)C(=O)NCc1cccc(NC(=O)C2CCCCC2)c1. The van der Waals surface area contributed by atoms with Crippen molar-refractivity contribution in [2.24, 2.45) is 11.8 Å². The van der Waals surface area contributed by atoms with Crippen molar-refractivity contribution in [2.45, 2.75) is 52.5 Å². The van der Waals surface area contributed by atoms with Gasteiger partial charge in [-0.05, 0) is 36.5 Å². The summed E-state index contributed by atoms with van der Waals surface area (Å²) in [6.07, 6.45) is 5.47. The molecule has 0 spiro atoms. The quantitative estimate of drug-likeness (QED) is 0.670. The molecule has 1 aliphatic carbocycles. The molecule has 1 fully saturated rings. The number of urea groups is 1. The van der Waals surface area contributed by atoms with E-state index in [0.717, 1.165) is 36.9 Å². The maximum atomic E-state index is 12.5. The van der Waals surface area contributed by atoms with Crippen LogP contribution in [0.5, 0.6) is 0 Å². The van der Waals surface area contributed by atoms with E-state index in [2.05, 4.69) is 24.5 Å². The van der Waals surface area contributed by atoms with E-state index in [1.807, 2.05) is 24.3 Å². The Labute approximate surface area is 169 Å². The van der Waals surface area contributed by atoms with Crippen molar-refractivity contribution in [3.8, 4) is 0 Å². The van der Waals surface area contributed by atoms with Crippen molar-refractivity contribution >= 4 is 17.6 Å². The number of ether oxygens (including phenoxy) is 1. The van der Waals surface area contributed by atoms with Crippen molar-refractivity contribution < 1.29 is 14.3 Å². The molecule has 28 heavy (non-hydrogen) atoms. The van der Waals surface area contributed by atoms with Gasteiger partial charge in [-0.25, -0.2) is 4.79 Å². The van der Waals surface area contributed by atoms with Gasteiger partial charge in [0.1, 0.15) is 0 Å². The molecule has 6 heteroatoms. The maximum absolute atomic E-state index is 12.5. The van der Waals surface area contributed by atoms with E-state index in [1.54, 1.807) is 12.0 Å². The molecule has 0 aliphatic heterocycles. The molecule has 1 aromatic carbocycles. The summed E-state index contributed by atoms with van der Waals surface area (Å²) in [5.74, 6) is 0.631. The number of amides is 3. The second-order valence-corrected chi connectivity index (χ2v) is 8.02. The van der Waals surface area contributed by atoms with Gasteiger partial charge in [-0.15, -0.1) is 0 Å². The lowest BCUT2D eigenvalue weighted by Gasteiger charge is -2.24. The molecule has 2 N–H and O–H groups in total. The second kappa shape index (κ2) is 11.7. The molecule has 3 amide bonds. The Morgan fingerprint density at radius 3 is 2.64 bits per heavy atom. The normalized spacial score (nSPS) is 14.7. The van der Waals surface area contributed by atoms with Crippen molar-refractivity contribution in [3.05, 3.63) is 29.8 Å². The number of anilines is 1. The summed E-state index contributed by atoms with van der Waals surface area (Å²) in [7, 11) is 1.64. The molecule has 1 saturated carbocycles. The van der Waals surface area contributed by atoms with Gasteiger partial charge in [0.2, 0.25) is 5.91 Å². The monoisotopic (exact) mass is 389 g/mol. The zero-order valence-corrected chi connectivity index (χ0v) is 17.5. The number of hydrogen-bond acceptors (Lipinski definition) is 3. The average Bonchev–Trinajstić information content (AvgIpc) is 2.70. The van der Waals surface area contributed by atoms with Gasteiger partial charge < -0.3 is 20.3 Å². The summed E-state index contributed by atoms with van der Waals surface area (Å²) in [5, 5.41) is 6.01. The van der Waals surface area contributed by atoms with E-state index in [4.69, 9.17) is 4.74 Å². The number of rotatable bonds is 9. The Bertz CT molecular complexity index is 627. The van der Waals surface area contributed by atoms with Gasteiger partial charge in [0, 0.05) is 38.3 Å². The van der Waals surface area contributed by atoms with Crippen LogP contribution in [0.25, 0.3) is 0 Å². The van der Waals surface area contributed by atoms with E-state index < -0.39 is 0 Å². The van der Waals surface area contributed by atoms with Crippen LogP contribution in [0.4, 0.5) is 10.5 Å². The second-order valence-electron chi connectivity index (χ2n) is 8.02. The fraction of sp³-hybridized carbons (Fsp3) is 0.636. The van der Waals surface area contributed by atoms with Crippen LogP contribution in [-0.2, 0) is 16.1 Å². The number of nitrogens with one attached hydrogen (secondary N) is 2. The molecule has 2 rings (SSSR count). The van der Waals surface area contributed by atoms with E-state index in [0.29, 0.717) is 32.2 Å². The fourth-order valence-electron chi connectivity index (χ4n) is 3.58. The third kappa shape index (κ3) is 7.50. The summed E-state index contributed by atoms with van der Waals surface area (Å²) in [6, 6.07) is 7.61. The minimum Gasteiger partial charge on any atom is -0.383 e. The number of benzene rings is 1. The highest BCUT2D eigenvalue weighted by molar-refractivity contribution is 5.92. The van der Waals surface area contributed by atoms with E-state index in [1.165, 1.54) is 6.42 Å². The maximum Gasteiger partial charge on any atom is 0.317 e. The molecule has 156 valence electrons. The number of carbonyl (C=O) groups is 2. The molecular formula is C22H35N3O3. The van der Waals surface area contributed by atoms with Crippen LogP contribution in [0.15, 0.2) is 24.3 Å². The van der Waals surface area contributed by atoms with Crippen LogP contribution >= 0.6 is 0 Å². The first-order chi connectivity index (χ1) is 13.5. The van der Waals surface area contributed by atoms with Gasteiger partial charge in [0.15, 0.2) is 0 Å². The summed E-state index contributed by atoms with van der Waals surface area (Å²) in [5.41, 5.74) is 1.76.